The molecule has 0 aliphatic heterocycles. The second-order valence-electron chi connectivity index (χ2n) is 5.84. The Morgan fingerprint density at radius 1 is 1.04 bits per heavy atom. The van der Waals surface area contributed by atoms with Crippen LogP contribution in [-0.4, -0.2) is 26.3 Å². The summed E-state index contributed by atoms with van der Waals surface area (Å²) >= 11 is 1.62. The minimum atomic E-state index is -3.66. The molecule has 2 rings (SSSR count). The van der Waals surface area contributed by atoms with Crippen molar-refractivity contribution in [3.05, 3.63) is 58.7 Å². The fourth-order valence-electron chi connectivity index (χ4n) is 2.43. The van der Waals surface area contributed by atoms with Gasteiger partial charge in [0.15, 0.2) is 0 Å². The van der Waals surface area contributed by atoms with E-state index in [1.165, 1.54) is 0 Å². The Kier molecular flexibility index (Phi) is 6.09. The lowest BCUT2D eigenvalue weighted by Crippen LogP contribution is -2.29. The second-order valence-corrected chi connectivity index (χ2v) is 8.46. The number of hydrogen-bond donors (Lipinski definition) is 2. The first-order valence-corrected chi connectivity index (χ1v) is 10.3. The molecule has 130 valence electrons. The van der Waals surface area contributed by atoms with Crippen LogP contribution in [0.3, 0.4) is 0 Å². The fraction of sp³-hybridized carbons (Fsp3) is 0.333. The normalized spacial score (nSPS) is 13.0. The highest BCUT2D eigenvalue weighted by molar-refractivity contribution is 7.98. The van der Waals surface area contributed by atoms with E-state index in [1.54, 1.807) is 24.8 Å². The van der Waals surface area contributed by atoms with Crippen LogP contribution in [0.4, 0.5) is 0 Å². The molecule has 0 saturated carbocycles. The van der Waals surface area contributed by atoms with E-state index in [1.807, 2.05) is 50.4 Å². The summed E-state index contributed by atoms with van der Waals surface area (Å²) < 4.78 is 27.6. The van der Waals surface area contributed by atoms with E-state index < -0.39 is 16.1 Å². The molecule has 0 aliphatic rings. The minimum absolute atomic E-state index is 0.0622. The predicted octanol–water partition coefficient (Wildman–Crippen LogP) is 3.35. The van der Waals surface area contributed by atoms with Gasteiger partial charge >= 0.3 is 0 Å². The van der Waals surface area contributed by atoms with Crippen LogP contribution >= 0.6 is 11.8 Å². The number of thioether (sulfide) groups is 1. The van der Waals surface area contributed by atoms with Gasteiger partial charge in [-0.15, -0.1) is 11.8 Å². The summed E-state index contributed by atoms with van der Waals surface area (Å²) in [4.78, 5) is 1.35. The topological polar surface area (TPSA) is 66.4 Å². The zero-order valence-electron chi connectivity index (χ0n) is 14.3. The Morgan fingerprint density at radius 3 is 2.21 bits per heavy atom. The van der Waals surface area contributed by atoms with Crippen LogP contribution in [-0.2, 0) is 10.0 Å². The zero-order valence-corrected chi connectivity index (χ0v) is 16.0. The van der Waals surface area contributed by atoms with Crippen LogP contribution < -0.4 is 4.72 Å². The van der Waals surface area contributed by atoms with Gasteiger partial charge in [-0.3, -0.25) is 0 Å². The number of nitrogens with one attached hydrogen (secondary N) is 1. The number of rotatable bonds is 6. The molecule has 0 heterocycles. The van der Waals surface area contributed by atoms with E-state index in [-0.39, 0.29) is 11.4 Å². The van der Waals surface area contributed by atoms with Gasteiger partial charge in [-0.2, -0.15) is 0 Å². The lowest BCUT2D eigenvalue weighted by atomic mass is 10.1. The van der Waals surface area contributed by atoms with Gasteiger partial charge in [0.05, 0.1) is 11.0 Å². The number of aliphatic hydroxyl groups excluding tert-OH is 1. The van der Waals surface area contributed by atoms with Gasteiger partial charge in [-0.25, -0.2) is 13.1 Å². The molecule has 1 atom stereocenters. The minimum Gasteiger partial charge on any atom is -0.387 e. The Hall–Kier alpha value is -1.34. The van der Waals surface area contributed by atoms with Gasteiger partial charge in [0.25, 0.3) is 0 Å². The van der Waals surface area contributed by atoms with Gasteiger partial charge < -0.3 is 5.11 Å². The third kappa shape index (κ3) is 4.39. The third-order valence-corrected chi connectivity index (χ3v) is 6.36. The molecular formula is C18H23NO3S2. The standard InChI is InChI=1S/C18H23NO3S2/c1-12-9-14(3)18(10-13(12)2)24(21,22)19-11-17(20)15-5-7-16(23-4)8-6-15/h5-10,17,19-20H,11H2,1-4H3/t17-/m1/s1. The predicted molar refractivity (Wildman–Crippen MR) is 99.0 cm³/mol. The van der Waals surface area contributed by atoms with Crippen molar-refractivity contribution < 1.29 is 13.5 Å². The summed E-state index contributed by atoms with van der Waals surface area (Å²) in [5, 5.41) is 10.2. The van der Waals surface area contributed by atoms with Crippen LogP contribution in [0.2, 0.25) is 0 Å². The summed E-state index contributed by atoms with van der Waals surface area (Å²) in [7, 11) is -3.66. The monoisotopic (exact) mass is 365 g/mol. The SMILES string of the molecule is CSc1ccc([C@H](O)CNS(=O)(=O)c2cc(C)c(C)cc2C)cc1. The molecule has 0 spiro atoms. The molecule has 0 unspecified atom stereocenters. The van der Waals surface area contributed by atoms with Crippen molar-refractivity contribution >= 4 is 21.8 Å². The average Bonchev–Trinajstić information content (AvgIpc) is 2.56. The van der Waals surface area contributed by atoms with Crippen LogP contribution in [0.5, 0.6) is 0 Å². The largest absolute Gasteiger partial charge is 0.387 e. The molecule has 4 nitrogen and oxygen atoms in total. The fourth-order valence-corrected chi connectivity index (χ4v) is 4.19. The molecule has 2 aromatic carbocycles. The summed E-state index contributed by atoms with van der Waals surface area (Å²) in [5.74, 6) is 0. The Bertz CT molecular complexity index is 815. The summed E-state index contributed by atoms with van der Waals surface area (Å²) in [6, 6.07) is 11.0. The molecule has 2 N–H and O–H groups in total. The van der Waals surface area contributed by atoms with Crippen LogP contribution in [0, 0.1) is 20.8 Å². The molecule has 0 radical (unpaired) electrons. The average molecular weight is 366 g/mol. The van der Waals surface area contributed by atoms with Gasteiger partial charge in [0.2, 0.25) is 10.0 Å². The Balaban J connectivity index is 2.13. The first kappa shape index (κ1) is 19.0. The molecule has 0 aromatic heterocycles. The van der Waals surface area contributed by atoms with Crippen molar-refractivity contribution in [2.24, 2.45) is 0 Å². The molecule has 2 aromatic rings. The molecule has 0 amide bonds. The summed E-state index contributed by atoms with van der Waals surface area (Å²) in [6.45, 7) is 5.55. The van der Waals surface area contributed by atoms with Crippen molar-refractivity contribution in [2.75, 3.05) is 12.8 Å². The Labute approximate surface area is 148 Å². The van der Waals surface area contributed by atoms with E-state index in [2.05, 4.69) is 4.72 Å². The number of benzene rings is 2. The van der Waals surface area contributed by atoms with Crippen molar-refractivity contribution in [1.29, 1.82) is 0 Å². The molecule has 0 fully saturated rings. The maximum absolute atomic E-state index is 12.5. The second kappa shape index (κ2) is 7.70. The summed E-state index contributed by atoms with van der Waals surface area (Å²) in [5.41, 5.74) is 3.37. The van der Waals surface area contributed by atoms with Gasteiger partial charge in [-0.05, 0) is 67.5 Å². The van der Waals surface area contributed by atoms with E-state index >= 15 is 0 Å². The van der Waals surface area contributed by atoms with E-state index in [0.717, 1.165) is 16.0 Å². The van der Waals surface area contributed by atoms with Crippen molar-refractivity contribution in [3.63, 3.8) is 0 Å². The molecule has 24 heavy (non-hydrogen) atoms. The smallest absolute Gasteiger partial charge is 0.240 e. The number of aliphatic hydroxyl groups is 1. The maximum Gasteiger partial charge on any atom is 0.240 e. The molecular weight excluding hydrogens is 342 g/mol. The van der Waals surface area contributed by atoms with Crippen LogP contribution in [0.15, 0.2) is 46.2 Å². The van der Waals surface area contributed by atoms with Crippen LogP contribution in [0.25, 0.3) is 0 Å². The number of hydrogen-bond acceptors (Lipinski definition) is 4. The quantitative estimate of drug-likeness (QED) is 0.771. The van der Waals surface area contributed by atoms with E-state index in [4.69, 9.17) is 0 Å². The van der Waals surface area contributed by atoms with Gasteiger partial charge in [0, 0.05) is 11.4 Å². The summed E-state index contributed by atoms with van der Waals surface area (Å²) in [6.07, 6.45) is 1.09. The molecule has 6 heteroatoms. The molecule has 0 aliphatic carbocycles. The molecule has 0 saturated heterocycles. The Morgan fingerprint density at radius 2 is 1.62 bits per heavy atom. The first-order chi connectivity index (χ1) is 11.2. The van der Waals surface area contributed by atoms with Crippen LogP contribution in [0.1, 0.15) is 28.4 Å². The lowest BCUT2D eigenvalue weighted by Gasteiger charge is -2.15. The number of aryl methyl sites for hydroxylation is 3. The molecule has 0 bridgehead atoms. The van der Waals surface area contributed by atoms with E-state index in [0.29, 0.717) is 11.1 Å². The highest BCUT2D eigenvalue weighted by Crippen LogP contribution is 2.22. The highest BCUT2D eigenvalue weighted by Gasteiger charge is 2.19. The van der Waals surface area contributed by atoms with Crippen molar-refractivity contribution in [2.45, 2.75) is 36.7 Å². The number of sulfonamides is 1. The first-order valence-electron chi connectivity index (χ1n) is 7.64. The van der Waals surface area contributed by atoms with Crippen molar-refractivity contribution in [1.82, 2.24) is 4.72 Å². The maximum atomic E-state index is 12.5. The van der Waals surface area contributed by atoms with E-state index in [9.17, 15) is 13.5 Å². The van der Waals surface area contributed by atoms with Crippen molar-refractivity contribution in [3.8, 4) is 0 Å². The zero-order chi connectivity index (χ0) is 17.9. The van der Waals surface area contributed by atoms with Gasteiger partial charge in [-0.1, -0.05) is 18.2 Å². The van der Waals surface area contributed by atoms with Gasteiger partial charge in [0.1, 0.15) is 0 Å². The highest BCUT2D eigenvalue weighted by atomic mass is 32.2. The lowest BCUT2D eigenvalue weighted by molar-refractivity contribution is 0.182. The third-order valence-electron chi connectivity index (χ3n) is 4.05.